The summed E-state index contributed by atoms with van der Waals surface area (Å²) in [6.45, 7) is 10.6. The molecule has 3 aliphatic rings. The second-order valence-electron chi connectivity index (χ2n) is 13.2. The molecule has 0 saturated heterocycles. The van der Waals surface area contributed by atoms with E-state index in [-0.39, 0.29) is 11.5 Å². The van der Waals surface area contributed by atoms with Crippen LogP contribution in [0.5, 0.6) is 0 Å². The molecule has 2 aromatic carbocycles. The summed E-state index contributed by atoms with van der Waals surface area (Å²) in [5.74, 6) is 0. The van der Waals surface area contributed by atoms with Gasteiger partial charge in [-0.05, 0) is 108 Å². The number of benzene rings is 2. The average molecular weight is 569 g/mol. The van der Waals surface area contributed by atoms with Gasteiger partial charge in [-0.15, -0.1) is 12.6 Å². The number of unbranched alkanes of at least 4 members (excludes halogenated alkanes) is 3. The minimum atomic E-state index is 0.0561. The van der Waals surface area contributed by atoms with Gasteiger partial charge in [0.1, 0.15) is 0 Å². The van der Waals surface area contributed by atoms with Gasteiger partial charge in [-0.2, -0.15) is 0 Å². The van der Waals surface area contributed by atoms with E-state index in [2.05, 4.69) is 81.1 Å². The third kappa shape index (κ3) is 6.57. The molecular formula is C38H52N2S. The smallest absolute Gasteiger partial charge is 0.0444 e. The van der Waals surface area contributed by atoms with Crippen LogP contribution in [0.4, 0.5) is 5.69 Å². The number of fused-ring (bicyclic) bond motifs is 4. The van der Waals surface area contributed by atoms with Crippen molar-refractivity contribution in [3.05, 3.63) is 92.0 Å². The van der Waals surface area contributed by atoms with Crippen LogP contribution in [0.3, 0.4) is 0 Å². The van der Waals surface area contributed by atoms with E-state index in [1.807, 2.05) is 0 Å². The fourth-order valence-corrected chi connectivity index (χ4v) is 8.10. The molecule has 1 aliphatic carbocycles. The Morgan fingerprint density at radius 3 is 2.68 bits per heavy atom. The van der Waals surface area contributed by atoms with Crippen LogP contribution in [0, 0.1) is 6.92 Å². The number of nitrogens with zero attached hydrogens (tertiary/aromatic N) is 1. The number of allylic oxidation sites excluding steroid dienone is 4. The van der Waals surface area contributed by atoms with Crippen LogP contribution < -0.4 is 10.6 Å². The maximum atomic E-state index is 7.10. The average Bonchev–Trinajstić information content (AvgIpc) is 3.35. The van der Waals surface area contributed by atoms with Crippen LogP contribution in [-0.4, -0.2) is 12.6 Å². The first kappa shape index (κ1) is 30.2. The van der Waals surface area contributed by atoms with Gasteiger partial charge in [0.15, 0.2) is 0 Å². The predicted octanol–water partition coefficient (Wildman–Crippen LogP) is 9.99. The van der Waals surface area contributed by atoms with Crippen molar-refractivity contribution < 1.29 is 0 Å². The van der Waals surface area contributed by atoms with E-state index in [9.17, 15) is 0 Å². The molecule has 2 aliphatic heterocycles. The van der Waals surface area contributed by atoms with Gasteiger partial charge >= 0.3 is 0 Å². The zero-order valence-corrected chi connectivity index (χ0v) is 27.0. The maximum Gasteiger partial charge on any atom is 0.0444 e. The molecule has 41 heavy (non-hydrogen) atoms. The number of para-hydroxylation sites is 1. The number of nitrogens with two attached hydrogens (primary N) is 1. The lowest BCUT2D eigenvalue weighted by Gasteiger charge is -2.38. The quantitative estimate of drug-likeness (QED) is 0.197. The van der Waals surface area contributed by atoms with Crippen LogP contribution in [0.15, 0.2) is 64.2 Å². The first-order valence-corrected chi connectivity index (χ1v) is 16.8. The summed E-state index contributed by atoms with van der Waals surface area (Å²) >= 11 is 4.75. The topological polar surface area (TPSA) is 29.3 Å². The molecule has 2 unspecified atom stereocenters. The Hall–Kier alpha value is -2.23. The third-order valence-electron chi connectivity index (χ3n) is 9.89. The van der Waals surface area contributed by atoms with E-state index >= 15 is 0 Å². The fraction of sp³-hybridized carbons (Fsp3) is 0.526. The predicted molar refractivity (Wildman–Crippen MR) is 182 cm³/mol. The lowest BCUT2D eigenvalue weighted by Crippen LogP contribution is -2.32. The Balaban J connectivity index is 1.57. The maximum absolute atomic E-state index is 7.10. The fourth-order valence-electron chi connectivity index (χ4n) is 7.85. The molecule has 0 radical (unpaired) electrons. The molecule has 0 spiro atoms. The molecule has 0 bridgehead atoms. The van der Waals surface area contributed by atoms with Crippen molar-refractivity contribution in [1.82, 2.24) is 0 Å². The molecular weight excluding hydrogens is 516 g/mol. The van der Waals surface area contributed by atoms with E-state index in [0.717, 1.165) is 51.5 Å². The molecule has 0 fully saturated rings. The monoisotopic (exact) mass is 568 g/mol. The van der Waals surface area contributed by atoms with Gasteiger partial charge in [0.25, 0.3) is 0 Å². The highest BCUT2D eigenvalue weighted by Crippen LogP contribution is 2.45. The summed E-state index contributed by atoms with van der Waals surface area (Å²) in [6.07, 6.45) is 20.0. The van der Waals surface area contributed by atoms with E-state index < -0.39 is 0 Å². The lowest BCUT2D eigenvalue weighted by atomic mass is 9.67. The second kappa shape index (κ2) is 13.4. The van der Waals surface area contributed by atoms with Crippen molar-refractivity contribution >= 4 is 24.4 Å². The highest BCUT2D eigenvalue weighted by Gasteiger charge is 2.35. The third-order valence-corrected chi connectivity index (χ3v) is 10.2. The number of hydrogen-bond acceptors (Lipinski definition) is 3. The van der Waals surface area contributed by atoms with Gasteiger partial charge in [0, 0.05) is 30.4 Å². The van der Waals surface area contributed by atoms with Crippen molar-refractivity contribution in [3.63, 3.8) is 0 Å². The van der Waals surface area contributed by atoms with Gasteiger partial charge in [-0.3, -0.25) is 0 Å². The van der Waals surface area contributed by atoms with Crippen molar-refractivity contribution in [3.8, 4) is 0 Å². The Kier molecular flexibility index (Phi) is 9.87. The van der Waals surface area contributed by atoms with Crippen LogP contribution in [0.25, 0.3) is 6.08 Å². The summed E-state index contributed by atoms with van der Waals surface area (Å²) in [5.41, 5.74) is 20.5. The van der Waals surface area contributed by atoms with Crippen molar-refractivity contribution in [2.75, 3.05) is 11.4 Å². The molecule has 2 atom stereocenters. The van der Waals surface area contributed by atoms with Crippen molar-refractivity contribution in [2.24, 2.45) is 5.73 Å². The number of anilines is 1. The summed E-state index contributed by atoms with van der Waals surface area (Å²) < 4.78 is 0. The van der Waals surface area contributed by atoms with Gasteiger partial charge in [-0.25, -0.2) is 0 Å². The van der Waals surface area contributed by atoms with Crippen LogP contribution in [-0.2, 0) is 18.3 Å². The standard InChI is InChI=1S/C38H52N2S/c1-5-7-8-11-21-38(4,37-27(3)17-18-28-24-32(41)19-20-33(28)37)26-31(34(39)13-6-2)23-29-15-12-22-40-35-16-10-9-14-30(35)25-36(29)40/h9-10,14,16-18,23-24,34,41H,5-8,11-13,15,19-22,25-26,39H2,1-4H3/b31-23-. The first-order chi connectivity index (χ1) is 19.8. The molecule has 2 heterocycles. The molecule has 2 N–H and O–H groups in total. The molecule has 0 saturated carbocycles. The molecule has 2 nitrogen and oxygen atoms in total. The zero-order chi connectivity index (χ0) is 29.0. The van der Waals surface area contributed by atoms with E-state index in [1.54, 1.807) is 11.1 Å². The highest BCUT2D eigenvalue weighted by atomic mass is 32.1. The second-order valence-corrected chi connectivity index (χ2v) is 13.7. The molecule has 2 aromatic rings. The largest absolute Gasteiger partial charge is 0.344 e. The molecule has 0 amide bonds. The first-order valence-electron chi connectivity index (χ1n) is 16.4. The van der Waals surface area contributed by atoms with Crippen molar-refractivity contribution in [2.45, 2.75) is 123 Å². The Labute approximate surface area is 255 Å². The molecule has 3 heteroatoms. The van der Waals surface area contributed by atoms with Crippen LogP contribution in [0.1, 0.15) is 119 Å². The zero-order valence-electron chi connectivity index (χ0n) is 26.1. The number of rotatable bonds is 12. The number of aryl methyl sites for hydroxylation is 1. The Bertz CT molecular complexity index is 1330. The van der Waals surface area contributed by atoms with Crippen LogP contribution in [0.2, 0.25) is 0 Å². The van der Waals surface area contributed by atoms with E-state index in [1.165, 1.54) is 82.7 Å². The summed E-state index contributed by atoms with van der Waals surface area (Å²) in [6, 6.07) is 13.8. The van der Waals surface area contributed by atoms with E-state index in [0.29, 0.717) is 0 Å². The Morgan fingerprint density at radius 1 is 1.05 bits per heavy atom. The lowest BCUT2D eigenvalue weighted by molar-refractivity contribution is 0.389. The minimum Gasteiger partial charge on any atom is -0.344 e. The number of hydrogen-bond donors (Lipinski definition) is 2. The molecule has 0 aromatic heterocycles. The summed E-state index contributed by atoms with van der Waals surface area (Å²) in [4.78, 5) is 3.80. The van der Waals surface area contributed by atoms with Gasteiger partial charge in [0.05, 0.1) is 0 Å². The van der Waals surface area contributed by atoms with Crippen LogP contribution >= 0.6 is 12.6 Å². The molecule has 220 valence electrons. The summed E-state index contributed by atoms with van der Waals surface area (Å²) in [5, 5.41) is 0. The van der Waals surface area contributed by atoms with Gasteiger partial charge in [-0.1, -0.05) is 94.9 Å². The minimum absolute atomic E-state index is 0.0561. The van der Waals surface area contributed by atoms with E-state index in [4.69, 9.17) is 18.4 Å². The van der Waals surface area contributed by atoms with Crippen molar-refractivity contribution in [1.29, 1.82) is 0 Å². The van der Waals surface area contributed by atoms with Gasteiger partial charge < -0.3 is 10.6 Å². The normalized spacial score (nSPS) is 18.9. The summed E-state index contributed by atoms with van der Waals surface area (Å²) in [7, 11) is 0. The number of thiol groups is 1. The highest BCUT2D eigenvalue weighted by molar-refractivity contribution is 7.84. The molecule has 5 rings (SSSR count). The Morgan fingerprint density at radius 2 is 1.88 bits per heavy atom. The SMILES string of the molecule is CCCCCCC(C)(C/C(=C/C1=C2Cc3ccccc3N2CCC1)C(N)CCC)c1c(C)ccc2c1CCC(S)=C2. The van der Waals surface area contributed by atoms with Gasteiger partial charge in [0.2, 0.25) is 0 Å².